The Morgan fingerprint density at radius 3 is 1.03 bits per heavy atom. The zero-order valence-electron chi connectivity index (χ0n) is 25.6. The monoisotopic (exact) mass is 529 g/mol. The predicted molar refractivity (Wildman–Crippen MR) is 164 cm³/mol. The maximum absolute atomic E-state index is 6.53. The molecule has 0 spiro atoms. The number of benzene rings is 2. The van der Waals surface area contributed by atoms with E-state index in [1.165, 1.54) is 140 Å². The van der Waals surface area contributed by atoms with E-state index in [4.69, 9.17) is 4.74 Å². The van der Waals surface area contributed by atoms with Crippen LogP contribution in [0.15, 0.2) is 48.5 Å². The van der Waals surface area contributed by atoms with Gasteiger partial charge in [0.15, 0.2) is 0 Å². The summed E-state index contributed by atoms with van der Waals surface area (Å²) in [5, 5.41) is 0. The molecule has 38 heavy (non-hydrogen) atoms. The maximum atomic E-state index is 6.53. The van der Waals surface area contributed by atoms with Crippen molar-refractivity contribution in [3.05, 3.63) is 59.7 Å². The first kappa shape index (κ1) is 35.3. The van der Waals surface area contributed by atoms with Crippen molar-refractivity contribution < 1.29 is 34.3 Å². The van der Waals surface area contributed by atoms with Crippen LogP contribution in [-0.2, 0) is 12.8 Å². The van der Waals surface area contributed by atoms with Gasteiger partial charge in [0.05, 0.1) is 0 Å². The van der Waals surface area contributed by atoms with E-state index >= 15 is 0 Å². The molecule has 0 atom stereocenters. The van der Waals surface area contributed by atoms with Gasteiger partial charge in [-0.1, -0.05) is 166 Å². The van der Waals surface area contributed by atoms with Crippen LogP contribution in [0.1, 0.15) is 153 Å². The number of para-hydroxylation sites is 2. The van der Waals surface area contributed by atoms with Crippen molar-refractivity contribution >= 4 is 0 Å². The van der Waals surface area contributed by atoms with Crippen LogP contribution in [0.5, 0.6) is 11.5 Å². The molecule has 0 bridgehead atoms. The van der Waals surface area contributed by atoms with Crippen molar-refractivity contribution in [3.8, 4) is 11.5 Å². The molecule has 0 saturated carbocycles. The first-order valence-electron chi connectivity index (χ1n) is 16.2. The Morgan fingerprint density at radius 1 is 0.395 bits per heavy atom. The van der Waals surface area contributed by atoms with Crippen LogP contribution in [0.3, 0.4) is 0 Å². The molecule has 2 aromatic rings. The second kappa shape index (κ2) is 25.2. The van der Waals surface area contributed by atoms with E-state index in [1.807, 2.05) is 0 Å². The number of ether oxygens (including phenoxy) is 1. The van der Waals surface area contributed by atoms with Crippen molar-refractivity contribution in [2.24, 2.45) is 0 Å². The number of unbranched alkanes of at least 4 members (excludes halogenated alkanes) is 18. The van der Waals surface area contributed by atoms with Crippen LogP contribution in [0.2, 0.25) is 0 Å². The quantitative estimate of drug-likeness (QED) is 0.0972. The smallest absolute Gasteiger partial charge is 0.457 e. The summed E-state index contributed by atoms with van der Waals surface area (Å²) in [6.07, 6.45) is 29.9. The SMILES string of the molecule is CCCCCCCCCCCCc1ccccc1Oc1ccccc1CCCCCCCCCCCC.[Na+]. The summed E-state index contributed by atoms with van der Waals surface area (Å²) in [5.74, 6) is 2.10. The molecule has 0 aliphatic heterocycles. The Hall–Kier alpha value is -0.760. The van der Waals surface area contributed by atoms with E-state index in [1.54, 1.807) is 0 Å². The minimum absolute atomic E-state index is 0. The van der Waals surface area contributed by atoms with Gasteiger partial charge in [-0.25, -0.2) is 0 Å². The van der Waals surface area contributed by atoms with Crippen LogP contribution in [0.4, 0.5) is 0 Å². The maximum Gasteiger partial charge on any atom is 1.00 e. The summed E-state index contributed by atoms with van der Waals surface area (Å²) in [5.41, 5.74) is 2.71. The van der Waals surface area contributed by atoms with Gasteiger partial charge in [0.25, 0.3) is 0 Å². The van der Waals surface area contributed by atoms with Gasteiger partial charge >= 0.3 is 29.6 Å². The number of rotatable bonds is 24. The minimum Gasteiger partial charge on any atom is -0.457 e. The van der Waals surface area contributed by atoms with Crippen LogP contribution in [0, 0.1) is 0 Å². The van der Waals surface area contributed by atoms with E-state index in [0.717, 1.165) is 24.3 Å². The van der Waals surface area contributed by atoms with Gasteiger partial charge in [-0.15, -0.1) is 0 Å². The van der Waals surface area contributed by atoms with Crippen LogP contribution in [0.25, 0.3) is 0 Å². The van der Waals surface area contributed by atoms with Crippen molar-refractivity contribution in [1.82, 2.24) is 0 Å². The molecule has 0 amide bonds. The second-order valence-electron chi connectivity index (χ2n) is 11.2. The van der Waals surface area contributed by atoms with Crippen molar-refractivity contribution in [2.45, 2.75) is 155 Å². The van der Waals surface area contributed by atoms with Gasteiger partial charge in [-0.2, -0.15) is 0 Å². The molecule has 0 heterocycles. The molecular formula is C36H58NaO+. The third-order valence-electron chi connectivity index (χ3n) is 7.76. The fourth-order valence-corrected chi connectivity index (χ4v) is 5.34. The molecule has 0 radical (unpaired) electrons. The summed E-state index contributed by atoms with van der Waals surface area (Å²) in [7, 11) is 0. The van der Waals surface area contributed by atoms with Gasteiger partial charge in [0.1, 0.15) is 11.5 Å². The van der Waals surface area contributed by atoms with E-state index < -0.39 is 0 Å². The number of hydrogen-bond acceptors (Lipinski definition) is 1. The molecule has 0 fully saturated rings. The Bertz CT molecular complexity index is 721. The Balaban J connectivity index is 0.00000722. The fourth-order valence-electron chi connectivity index (χ4n) is 5.34. The molecule has 0 aliphatic carbocycles. The zero-order chi connectivity index (χ0) is 26.2. The first-order chi connectivity index (χ1) is 18.3. The molecule has 208 valence electrons. The summed E-state index contributed by atoms with van der Waals surface area (Å²) < 4.78 is 6.53. The summed E-state index contributed by atoms with van der Waals surface area (Å²) in [4.78, 5) is 0. The van der Waals surface area contributed by atoms with Gasteiger partial charge in [-0.3, -0.25) is 0 Å². The third kappa shape index (κ3) is 17.0. The Kier molecular flexibility index (Phi) is 23.4. The average Bonchev–Trinajstić information content (AvgIpc) is 2.92. The van der Waals surface area contributed by atoms with Crippen LogP contribution in [-0.4, -0.2) is 0 Å². The largest absolute Gasteiger partial charge is 1.00 e. The molecule has 2 rings (SSSR count). The van der Waals surface area contributed by atoms with Gasteiger partial charge in [-0.05, 0) is 48.9 Å². The van der Waals surface area contributed by atoms with Crippen molar-refractivity contribution in [1.29, 1.82) is 0 Å². The molecule has 0 unspecified atom stereocenters. The number of aryl methyl sites for hydroxylation is 2. The van der Waals surface area contributed by atoms with Crippen molar-refractivity contribution in [3.63, 3.8) is 0 Å². The van der Waals surface area contributed by atoms with Crippen LogP contribution < -0.4 is 34.3 Å². The first-order valence-corrected chi connectivity index (χ1v) is 16.2. The standard InChI is InChI=1S/C36H58O.Na/c1-3-5-7-9-11-13-15-17-19-21-27-33-29-23-25-31-35(33)37-36-32-26-24-30-34(36)28-22-20-18-16-14-12-10-8-6-4-2;/h23-26,29-32H,3-22,27-28H2,1-2H3;/q;+1. The Labute approximate surface area is 259 Å². The average molecular weight is 530 g/mol. The molecule has 2 aromatic carbocycles. The summed E-state index contributed by atoms with van der Waals surface area (Å²) >= 11 is 0. The van der Waals surface area contributed by atoms with Gasteiger partial charge in [0.2, 0.25) is 0 Å². The van der Waals surface area contributed by atoms with E-state index in [9.17, 15) is 0 Å². The zero-order valence-corrected chi connectivity index (χ0v) is 27.6. The molecular weight excluding hydrogens is 471 g/mol. The second-order valence-corrected chi connectivity index (χ2v) is 11.2. The third-order valence-corrected chi connectivity index (χ3v) is 7.76. The molecule has 1 nitrogen and oxygen atoms in total. The van der Waals surface area contributed by atoms with Crippen LogP contribution >= 0.6 is 0 Å². The number of hydrogen-bond donors (Lipinski definition) is 0. The summed E-state index contributed by atoms with van der Waals surface area (Å²) in [6.45, 7) is 4.59. The Morgan fingerprint density at radius 2 is 0.684 bits per heavy atom. The molecule has 0 N–H and O–H groups in total. The fraction of sp³-hybridized carbons (Fsp3) is 0.667. The molecule has 0 aliphatic rings. The van der Waals surface area contributed by atoms with Crippen molar-refractivity contribution in [2.75, 3.05) is 0 Å². The topological polar surface area (TPSA) is 9.23 Å². The molecule has 0 saturated heterocycles. The van der Waals surface area contributed by atoms with E-state index in [0.29, 0.717) is 0 Å². The minimum atomic E-state index is 0. The normalized spacial score (nSPS) is 10.9. The summed E-state index contributed by atoms with van der Waals surface area (Å²) in [6, 6.07) is 17.4. The van der Waals surface area contributed by atoms with Gasteiger partial charge in [0, 0.05) is 0 Å². The van der Waals surface area contributed by atoms with Gasteiger partial charge < -0.3 is 4.74 Å². The predicted octanol–water partition coefficient (Wildman–Crippen LogP) is 9.41. The van der Waals surface area contributed by atoms with E-state index in [-0.39, 0.29) is 29.6 Å². The molecule has 0 aromatic heterocycles. The van der Waals surface area contributed by atoms with E-state index in [2.05, 4.69) is 62.4 Å². The molecule has 2 heteroatoms.